The summed E-state index contributed by atoms with van der Waals surface area (Å²) in [6.07, 6.45) is 5.44. The number of aryl methyl sites for hydroxylation is 1. The molecule has 1 unspecified atom stereocenters. The Morgan fingerprint density at radius 1 is 1.38 bits per heavy atom. The second-order valence-electron chi connectivity index (χ2n) is 3.85. The van der Waals surface area contributed by atoms with Crippen molar-refractivity contribution in [1.82, 2.24) is 5.32 Å². The molecule has 1 N–H and O–H groups in total. The second-order valence-corrected chi connectivity index (χ2v) is 4.96. The molecule has 2 rings (SSSR count). The molecule has 1 atom stereocenters. The fraction of sp³-hybridized carbons (Fsp3) is 0.636. The third-order valence-electron chi connectivity index (χ3n) is 2.71. The van der Waals surface area contributed by atoms with Crippen LogP contribution < -0.4 is 5.32 Å². The van der Waals surface area contributed by atoms with Crippen LogP contribution in [0, 0.1) is 6.92 Å². The van der Waals surface area contributed by atoms with Crippen molar-refractivity contribution < 1.29 is 0 Å². The Kier molecular flexibility index (Phi) is 3.01. The number of hydrogen-bond donors (Lipinski definition) is 1. The molecule has 0 radical (unpaired) electrons. The first-order valence-electron chi connectivity index (χ1n) is 5.15. The van der Waals surface area contributed by atoms with Crippen molar-refractivity contribution in [3.05, 3.63) is 21.9 Å². The van der Waals surface area contributed by atoms with E-state index in [2.05, 4.69) is 23.7 Å². The standard InChI is InChI=1S/C11H17NS/c1-9-7-10(8-13-9)11-5-3-2-4-6-12-11/h7-8,11-12H,2-6H2,1H3. The topological polar surface area (TPSA) is 12.0 Å². The van der Waals surface area contributed by atoms with Crippen molar-refractivity contribution in [3.63, 3.8) is 0 Å². The van der Waals surface area contributed by atoms with Crippen LogP contribution in [0.25, 0.3) is 0 Å². The highest BCUT2D eigenvalue weighted by atomic mass is 32.1. The van der Waals surface area contributed by atoms with Gasteiger partial charge in [-0.05, 0) is 43.3 Å². The van der Waals surface area contributed by atoms with Gasteiger partial charge in [0.1, 0.15) is 0 Å². The number of rotatable bonds is 1. The molecule has 1 fully saturated rings. The highest BCUT2D eigenvalue weighted by Gasteiger charge is 2.13. The molecular formula is C11H17NS. The predicted octanol–water partition coefficient (Wildman–Crippen LogP) is 3.26. The van der Waals surface area contributed by atoms with Crippen LogP contribution >= 0.6 is 11.3 Å². The molecule has 0 amide bonds. The average molecular weight is 195 g/mol. The Bertz CT molecular complexity index is 259. The molecule has 0 bridgehead atoms. The summed E-state index contributed by atoms with van der Waals surface area (Å²) < 4.78 is 0. The molecule has 1 aliphatic heterocycles. The molecule has 0 aromatic carbocycles. The van der Waals surface area contributed by atoms with Crippen LogP contribution in [0.3, 0.4) is 0 Å². The van der Waals surface area contributed by atoms with Gasteiger partial charge in [-0.25, -0.2) is 0 Å². The lowest BCUT2D eigenvalue weighted by Crippen LogP contribution is -2.19. The molecule has 13 heavy (non-hydrogen) atoms. The molecule has 1 saturated heterocycles. The maximum absolute atomic E-state index is 3.62. The smallest absolute Gasteiger partial charge is 0.0328 e. The molecule has 1 aromatic rings. The van der Waals surface area contributed by atoms with Gasteiger partial charge in [0, 0.05) is 10.9 Å². The summed E-state index contributed by atoms with van der Waals surface area (Å²) in [7, 11) is 0. The highest BCUT2D eigenvalue weighted by molar-refractivity contribution is 7.10. The summed E-state index contributed by atoms with van der Waals surface area (Å²) in [5.41, 5.74) is 1.50. The van der Waals surface area contributed by atoms with E-state index in [0.29, 0.717) is 6.04 Å². The Balaban J connectivity index is 2.06. The van der Waals surface area contributed by atoms with E-state index in [4.69, 9.17) is 0 Å². The van der Waals surface area contributed by atoms with Gasteiger partial charge in [-0.3, -0.25) is 0 Å². The average Bonchev–Trinajstić information content (AvgIpc) is 2.43. The third-order valence-corrected chi connectivity index (χ3v) is 3.59. The normalized spacial score (nSPS) is 24.2. The van der Waals surface area contributed by atoms with E-state index >= 15 is 0 Å². The maximum atomic E-state index is 3.62. The lowest BCUT2D eigenvalue weighted by Gasteiger charge is -2.13. The second kappa shape index (κ2) is 4.25. The van der Waals surface area contributed by atoms with Gasteiger partial charge < -0.3 is 5.32 Å². The molecule has 2 heterocycles. The Morgan fingerprint density at radius 2 is 2.31 bits per heavy atom. The van der Waals surface area contributed by atoms with Crippen molar-refractivity contribution in [2.75, 3.05) is 6.54 Å². The number of thiophene rings is 1. The lowest BCUT2D eigenvalue weighted by molar-refractivity contribution is 0.536. The van der Waals surface area contributed by atoms with Crippen LogP contribution in [-0.4, -0.2) is 6.54 Å². The van der Waals surface area contributed by atoms with Gasteiger partial charge in [0.25, 0.3) is 0 Å². The highest BCUT2D eigenvalue weighted by Crippen LogP contribution is 2.26. The van der Waals surface area contributed by atoms with E-state index in [0.717, 1.165) is 0 Å². The molecular weight excluding hydrogens is 178 g/mol. The van der Waals surface area contributed by atoms with Gasteiger partial charge in [-0.15, -0.1) is 11.3 Å². The number of hydrogen-bond acceptors (Lipinski definition) is 2. The van der Waals surface area contributed by atoms with E-state index in [9.17, 15) is 0 Å². The van der Waals surface area contributed by atoms with Crippen LogP contribution in [-0.2, 0) is 0 Å². The fourth-order valence-electron chi connectivity index (χ4n) is 1.96. The van der Waals surface area contributed by atoms with Gasteiger partial charge in [-0.2, -0.15) is 0 Å². The molecule has 0 saturated carbocycles. The van der Waals surface area contributed by atoms with Gasteiger partial charge >= 0.3 is 0 Å². The summed E-state index contributed by atoms with van der Waals surface area (Å²) in [5, 5.41) is 5.92. The van der Waals surface area contributed by atoms with Crippen molar-refractivity contribution in [2.24, 2.45) is 0 Å². The maximum Gasteiger partial charge on any atom is 0.0328 e. The summed E-state index contributed by atoms with van der Waals surface area (Å²) in [4.78, 5) is 1.43. The van der Waals surface area contributed by atoms with Crippen molar-refractivity contribution in [3.8, 4) is 0 Å². The van der Waals surface area contributed by atoms with Crippen LogP contribution in [0.15, 0.2) is 11.4 Å². The summed E-state index contributed by atoms with van der Waals surface area (Å²) >= 11 is 1.86. The molecule has 2 heteroatoms. The largest absolute Gasteiger partial charge is 0.310 e. The zero-order chi connectivity index (χ0) is 9.10. The zero-order valence-corrected chi connectivity index (χ0v) is 8.99. The molecule has 1 nitrogen and oxygen atoms in total. The molecule has 0 spiro atoms. The monoisotopic (exact) mass is 195 g/mol. The predicted molar refractivity (Wildman–Crippen MR) is 58.3 cm³/mol. The first-order valence-corrected chi connectivity index (χ1v) is 6.02. The molecule has 0 aliphatic carbocycles. The van der Waals surface area contributed by atoms with E-state index in [1.807, 2.05) is 11.3 Å². The summed E-state index contributed by atoms with van der Waals surface area (Å²) in [6, 6.07) is 2.96. The first-order chi connectivity index (χ1) is 6.36. The zero-order valence-electron chi connectivity index (χ0n) is 8.18. The Labute approximate surface area is 84.2 Å². The van der Waals surface area contributed by atoms with Gasteiger partial charge in [0.15, 0.2) is 0 Å². The van der Waals surface area contributed by atoms with Gasteiger partial charge in [0.2, 0.25) is 0 Å². The van der Waals surface area contributed by atoms with Crippen molar-refractivity contribution >= 4 is 11.3 Å². The van der Waals surface area contributed by atoms with Gasteiger partial charge in [-0.1, -0.05) is 12.8 Å². The first kappa shape index (κ1) is 9.22. The quantitative estimate of drug-likeness (QED) is 0.725. The van der Waals surface area contributed by atoms with Crippen LogP contribution in [0.4, 0.5) is 0 Å². The minimum atomic E-state index is 0.632. The van der Waals surface area contributed by atoms with E-state index in [-0.39, 0.29) is 0 Å². The molecule has 72 valence electrons. The van der Waals surface area contributed by atoms with Crippen molar-refractivity contribution in [1.29, 1.82) is 0 Å². The minimum absolute atomic E-state index is 0.632. The lowest BCUT2D eigenvalue weighted by atomic mass is 10.1. The van der Waals surface area contributed by atoms with Gasteiger partial charge in [0.05, 0.1) is 0 Å². The summed E-state index contributed by atoms with van der Waals surface area (Å²) in [6.45, 7) is 3.38. The fourth-order valence-corrected chi connectivity index (χ4v) is 2.72. The van der Waals surface area contributed by atoms with Crippen LogP contribution in [0.2, 0.25) is 0 Å². The minimum Gasteiger partial charge on any atom is -0.310 e. The Hall–Kier alpha value is -0.340. The van der Waals surface area contributed by atoms with Crippen LogP contribution in [0.1, 0.15) is 42.2 Å². The molecule has 1 aromatic heterocycles. The van der Waals surface area contributed by atoms with Crippen molar-refractivity contribution in [2.45, 2.75) is 38.6 Å². The van der Waals surface area contributed by atoms with Crippen LogP contribution in [0.5, 0.6) is 0 Å². The van der Waals surface area contributed by atoms with E-state index in [1.54, 1.807) is 0 Å². The Morgan fingerprint density at radius 3 is 3.08 bits per heavy atom. The number of nitrogens with one attached hydrogen (secondary N) is 1. The SMILES string of the molecule is Cc1cc(C2CCCCCN2)cs1. The van der Waals surface area contributed by atoms with E-state index < -0.39 is 0 Å². The van der Waals surface area contributed by atoms with E-state index in [1.165, 1.54) is 42.7 Å². The summed E-state index contributed by atoms with van der Waals surface area (Å²) in [5.74, 6) is 0. The third kappa shape index (κ3) is 2.32. The molecule has 1 aliphatic rings.